The normalized spacial score (nSPS) is 16.7. The number of carbonyl (C=O) groups excluding carboxylic acids is 3. The maximum absolute atomic E-state index is 14.6. The fraction of sp³-hybridized carbons (Fsp3) is 0.211. The van der Waals surface area contributed by atoms with Crippen molar-refractivity contribution >= 4 is 85.5 Å². The molecule has 2 aromatic carbocycles. The van der Waals surface area contributed by atoms with Gasteiger partial charge in [0.15, 0.2) is 5.82 Å². The topological polar surface area (TPSA) is 87.3 Å². The lowest BCUT2D eigenvalue weighted by molar-refractivity contribution is -0.128. The SMILES string of the molecule is O=C(Nc1ccc(F)c(NC(=O)C(F)(F)Br)c1F)c1cc(NC(=O)[C@H]2CC2(Cl)Cl)ccc1Cl. The molecule has 2 aromatic rings. The monoisotopic (exact) mass is 589 g/mol. The molecule has 1 fully saturated rings. The summed E-state index contributed by atoms with van der Waals surface area (Å²) in [5.74, 6) is -6.98. The Morgan fingerprint density at radius 2 is 1.70 bits per heavy atom. The first kappa shape index (κ1) is 25.5. The van der Waals surface area contributed by atoms with Gasteiger partial charge >= 0.3 is 10.7 Å². The molecule has 33 heavy (non-hydrogen) atoms. The maximum atomic E-state index is 14.6. The van der Waals surface area contributed by atoms with Gasteiger partial charge < -0.3 is 16.0 Å². The van der Waals surface area contributed by atoms with Crippen molar-refractivity contribution in [2.75, 3.05) is 16.0 Å². The van der Waals surface area contributed by atoms with Gasteiger partial charge in [0.25, 0.3) is 5.91 Å². The first-order valence-corrected chi connectivity index (χ1v) is 10.8. The second kappa shape index (κ2) is 9.28. The van der Waals surface area contributed by atoms with Gasteiger partial charge in [-0.2, -0.15) is 8.78 Å². The molecule has 1 aliphatic rings. The van der Waals surface area contributed by atoms with Gasteiger partial charge in [-0.25, -0.2) is 8.78 Å². The number of alkyl halides is 5. The van der Waals surface area contributed by atoms with Gasteiger partial charge in [-0.05, 0) is 36.8 Å². The third-order valence-electron chi connectivity index (χ3n) is 4.46. The molecule has 3 amide bonds. The summed E-state index contributed by atoms with van der Waals surface area (Å²) >= 11 is 19.5. The van der Waals surface area contributed by atoms with Crippen molar-refractivity contribution in [3.05, 3.63) is 52.6 Å². The van der Waals surface area contributed by atoms with E-state index in [-0.39, 0.29) is 22.7 Å². The smallest absolute Gasteiger partial charge is 0.326 e. The highest BCUT2D eigenvalue weighted by Gasteiger charge is 2.56. The Morgan fingerprint density at radius 1 is 1.06 bits per heavy atom. The molecule has 3 N–H and O–H groups in total. The highest BCUT2D eigenvalue weighted by molar-refractivity contribution is 9.10. The van der Waals surface area contributed by atoms with Gasteiger partial charge in [-0.3, -0.25) is 14.4 Å². The third kappa shape index (κ3) is 5.89. The highest BCUT2D eigenvalue weighted by Crippen LogP contribution is 2.53. The molecule has 1 aliphatic carbocycles. The Labute approximate surface area is 207 Å². The highest BCUT2D eigenvalue weighted by atomic mass is 79.9. The van der Waals surface area contributed by atoms with E-state index in [4.69, 9.17) is 34.8 Å². The maximum Gasteiger partial charge on any atom is 0.378 e. The molecule has 14 heteroatoms. The second-order valence-electron chi connectivity index (χ2n) is 6.89. The fourth-order valence-electron chi connectivity index (χ4n) is 2.64. The van der Waals surface area contributed by atoms with Crippen LogP contribution in [0.3, 0.4) is 0 Å². The first-order valence-electron chi connectivity index (χ1n) is 8.86. The van der Waals surface area contributed by atoms with Crippen LogP contribution in [0.15, 0.2) is 30.3 Å². The van der Waals surface area contributed by atoms with Crippen molar-refractivity contribution in [2.45, 2.75) is 15.6 Å². The zero-order valence-corrected chi connectivity index (χ0v) is 19.8. The van der Waals surface area contributed by atoms with Crippen molar-refractivity contribution in [1.82, 2.24) is 0 Å². The molecule has 0 bridgehead atoms. The molecule has 0 unspecified atom stereocenters. The largest absolute Gasteiger partial charge is 0.378 e. The van der Waals surface area contributed by atoms with E-state index >= 15 is 0 Å². The number of benzene rings is 2. The van der Waals surface area contributed by atoms with E-state index < -0.39 is 55.8 Å². The van der Waals surface area contributed by atoms with Crippen molar-refractivity contribution in [1.29, 1.82) is 0 Å². The Hall–Kier alpha value is -2.08. The Morgan fingerprint density at radius 3 is 2.27 bits per heavy atom. The van der Waals surface area contributed by atoms with Crippen molar-refractivity contribution in [3.8, 4) is 0 Å². The van der Waals surface area contributed by atoms with E-state index in [1.54, 1.807) is 15.9 Å². The van der Waals surface area contributed by atoms with Crippen LogP contribution in [0.2, 0.25) is 5.02 Å². The molecule has 176 valence electrons. The molecule has 3 rings (SSSR count). The van der Waals surface area contributed by atoms with Crippen LogP contribution in [0.4, 0.5) is 34.6 Å². The summed E-state index contributed by atoms with van der Waals surface area (Å²) in [4.78, 5) is 32.0. The fourth-order valence-corrected chi connectivity index (χ4v) is 3.45. The van der Waals surface area contributed by atoms with E-state index in [1.165, 1.54) is 23.5 Å². The summed E-state index contributed by atoms with van der Waals surface area (Å²) in [5.41, 5.74) is -1.86. The lowest BCUT2D eigenvalue weighted by atomic mass is 10.1. The summed E-state index contributed by atoms with van der Waals surface area (Å²) < 4.78 is 53.4. The molecule has 6 nitrogen and oxygen atoms in total. The second-order valence-corrected chi connectivity index (χ2v) is 9.84. The van der Waals surface area contributed by atoms with Gasteiger partial charge in [0.2, 0.25) is 5.91 Å². The Bertz CT molecular complexity index is 1160. The predicted molar refractivity (Wildman–Crippen MR) is 119 cm³/mol. The molecule has 0 spiro atoms. The molecular weight excluding hydrogens is 580 g/mol. The van der Waals surface area contributed by atoms with Gasteiger partial charge in [0.05, 0.1) is 22.2 Å². The standard InChI is InChI=1S/C19H11BrCl3F4N3O3/c20-19(26,27)17(33)30-14-11(24)3-4-12(13(14)25)29-15(31)8-5-7(1-2-10(8)21)28-16(32)9-6-18(9,22)23/h1-5,9H,6H2,(H,28,32)(H,29,31)(H,30,33)/t9-/m1/s1. The Balaban J connectivity index is 1.80. The minimum absolute atomic E-state index is 0.0732. The van der Waals surface area contributed by atoms with Crippen LogP contribution in [-0.2, 0) is 9.59 Å². The van der Waals surface area contributed by atoms with Gasteiger partial charge in [-0.1, -0.05) is 11.6 Å². The third-order valence-corrected chi connectivity index (χ3v) is 5.98. The van der Waals surface area contributed by atoms with E-state index in [9.17, 15) is 31.9 Å². The molecule has 0 radical (unpaired) electrons. The number of carbonyl (C=O) groups is 3. The lowest BCUT2D eigenvalue weighted by Gasteiger charge is -2.14. The van der Waals surface area contributed by atoms with Gasteiger partial charge in [-0.15, -0.1) is 23.2 Å². The molecule has 0 aliphatic heterocycles. The summed E-state index contributed by atoms with van der Waals surface area (Å²) in [6, 6.07) is 5.35. The van der Waals surface area contributed by atoms with Crippen LogP contribution in [0, 0.1) is 17.6 Å². The molecular formula is C19H11BrCl3F4N3O3. The zero-order chi connectivity index (χ0) is 24.7. The number of halogens is 8. The molecule has 0 aromatic heterocycles. The van der Waals surface area contributed by atoms with E-state index in [2.05, 4.69) is 10.6 Å². The summed E-state index contributed by atoms with van der Waals surface area (Å²) in [6.07, 6.45) is 0.257. The minimum atomic E-state index is -4.09. The van der Waals surface area contributed by atoms with Gasteiger partial charge in [0, 0.05) is 21.6 Å². The summed E-state index contributed by atoms with van der Waals surface area (Å²) in [6.45, 7) is 0. The summed E-state index contributed by atoms with van der Waals surface area (Å²) in [5, 5.41) is 5.95. The number of amides is 3. The predicted octanol–water partition coefficient (Wildman–Crippen LogP) is 5.93. The van der Waals surface area contributed by atoms with E-state index in [1.807, 2.05) is 0 Å². The van der Waals surface area contributed by atoms with Crippen molar-refractivity contribution in [2.24, 2.45) is 5.92 Å². The summed E-state index contributed by atoms with van der Waals surface area (Å²) in [7, 11) is 0. The van der Waals surface area contributed by atoms with E-state index in [0.29, 0.717) is 6.07 Å². The quantitative estimate of drug-likeness (QED) is 0.288. The first-order chi connectivity index (χ1) is 15.2. The average Bonchev–Trinajstić information content (AvgIpc) is 3.36. The van der Waals surface area contributed by atoms with Crippen molar-refractivity contribution < 1.29 is 31.9 Å². The average molecular weight is 592 g/mol. The van der Waals surface area contributed by atoms with Gasteiger partial charge in [0.1, 0.15) is 15.8 Å². The molecule has 1 saturated carbocycles. The number of nitrogens with one attached hydrogen (secondary N) is 3. The lowest BCUT2D eigenvalue weighted by Crippen LogP contribution is -2.29. The van der Waals surface area contributed by atoms with Crippen LogP contribution >= 0.6 is 50.7 Å². The van der Waals surface area contributed by atoms with Crippen molar-refractivity contribution in [3.63, 3.8) is 0 Å². The van der Waals surface area contributed by atoms with E-state index in [0.717, 1.165) is 6.07 Å². The van der Waals surface area contributed by atoms with Crippen LogP contribution in [0.5, 0.6) is 0 Å². The van der Waals surface area contributed by atoms with Crippen LogP contribution < -0.4 is 16.0 Å². The molecule has 0 saturated heterocycles. The zero-order valence-electron chi connectivity index (χ0n) is 15.9. The molecule has 1 atom stereocenters. The van der Waals surface area contributed by atoms with Crippen LogP contribution in [0.1, 0.15) is 16.8 Å². The molecule has 0 heterocycles. The number of hydrogen-bond acceptors (Lipinski definition) is 3. The van der Waals surface area contributed by atoms with Crippen LogP contribution in [0.25, 0.3) is 0 Å². The number of anilines is 3. The van der Waals surface area contributed by atoms with Crippen LogP contribution in [-0.4, -0.2) is 26.9 Å². The number of hydrogen-bond donors (Lipinski definition) is 3. The minimum Gasteiger partial charge on any atom is -0.326 e. The Kier molecular flexibility index (Phi) is 7.18. The number of rotatable bonds is 6.